The molecule has 0 unspecified atom stereocenters. The van der Waals surface area contributed by atoms with Crippen molar-refractivity contribution in [1.82, 2.24) is 0 Å². The average molecular weight is 324 g/mol. The van der Waals surface area contributed by atoms with Crippen molar-refractivity contribution >= 4 is 22.6 Å². The molecule has 0 radical (unpaired) electrons. The van der Waals surface area contributed by atoms with E-state index in [0.29, 0.717) is 5.75 Å². The van der Waals surface area contributed by atoms with Gasteiger partial charge in [-0.05, 0) is 53.1 Å². The first-order valence-electron chi connectivity index (χ1n) is 5.19. The second kappa shape index (κ2) is 4.87. The third-order valence-corrected chi connectivity index (χ3v) is 3.82. The van der Waals surface area contributed by atoms with E-state index in [1.807, 2.05) is 6.07 Å². The number of benzene rings is 2. The van der Waals surface area contributed by atoms with E-state index in [1.165, 1.54) is 16.7 Å². The molecule has 2 rings (SSSR count). The van der Waals surface area contributed by atoms with E-state index in [2.05, 4.69) is 59.8 Å². The summed E-state index contributed by atoms with van der Waals surface area (Å²) in [4.78, 5) is 0. The molecule has 16 heavy (non-hydrogen) atoms. The Morgan fingerprint density at radius 2 is 1.75 bits per heavy atom. The summed E-state index contributed by atoms with van der Waals surface area (Å²) in [5.41, 5.74) is 3.72. The maximum Gasteiger partial charge on any atom is 0.129 e. The van der Waals surface area contributed by atoms with Crippen molar-refractivity contribution in [2.45, 2.75) is 13.3 Å². The van der Waals surface area contributed by atoms with Crippen LogP contribution < -0.4 is 0 Å². The lowest BCUT2D eigenvalue weighted by molar-refractivity contribution is 0.470. The molecular weight excluding hydrogens is 311 g/mol. The van der Waals surface area contributed by atoms with Crippen LogP contribution in [0.5, 0.6) is 5.75 Å². The molecule has 0 atom stereocenters. The number of aromatic hydroxyl groups is 1. The van der Waals surface area contributed by atoms with Crippen molar-refractivity contribution in [2.24, 2.45) is 0 Å². The van der Waals surface area contributed by atoms with Gasteiger partial charge in [-0.1, -0.05) is 42.0 Å². The van der Waals surface area contributed by atoms with Crippen molar-refractivity contribution < 1.29 is 5.11 Å². The highest BCUT2D eigenvalue weighted by molar-refractivity contribution is 14.1. The molecule has 0 amide bonds. The molecule has 1 nitrogen and oxygen atoms in total. The number of phenolic OH excluding ortho intramolecular Hbond substituents is 1. The van der Waals surface area contributed by atoms with E-state index in [9.17, 15) is 5.11 Å². The standard InChI is InChI=1S/C14H13IO/c1-10-5-7-11(8-6-10)9-12-3-2-4-13(16)14(12)15/h2-8,16H,9H2,1H3. The largest absolute Gasteiger partial charge is 0.507 e. The van der Waals surface area contributed by atoms with Gasteiger partial charge in [0.2, 0.25) is 0 Å². The maximum atomic E-state index is 9.61. The van der Waals surface area contributed by atoms with E-state index in [0.717, 1.165) is 9.99 Å². The molecule has 0 spiro atoms. The van der Waals surface area contributed by atoms with Crippen molar-refractivity contribution in [3.05, 3.63) is 62.7 Å². The lowest BCUT2D eigenvalue weighted by Crippen LogP contribution is -1.91. The molecule has 0 aliphatic rings. The molecule has 2 aromatic rings. The van der Waals surface area contributed by atoms with E-state index >= 15 is 0 Å². The Bertz CT molecular complexity index is 489. The fourth-order valence-electron chi connectivity index (χ4n) is 1.63. The monoisotopic (exact) mass is 324 g/mol. The summed E-state index contributed by atoms with van der Waals surface area (Å²) in [5.74, 6) is 0.366. The minimum atomic E-state index is 0.366. The predicted octanol–water partition coefficient (Wildman–Crippen LogP) is 3.90. The fourth-order valence-corrected chi connectivity index (χ4v) is 2.18. The second-order valence-electron chi connectivity index (χ2n) is 3.91. The van der Waals surface area contributed by atoms with Crippen molar-refractivity contribution in [1.29, 1.82) is 0 Å². The average Bonchev–Trinajstić information content (AvgIpc) is 2.28. The lowest BCUT2D eigenvalue weighted by atomic mass is 10.0. The topological polar surface area (TPSA) is 20.2 Å². The van der Waals surface area contributed by atoms with Gasteiger partial charge in [-0.25, -0.2) is 0 Å². The van der Waals surface area contributed by atoms with Gasteiger partial charge in [-0.3, -0.25) is 0 Å². The van der Waals surface area contributed by atoms with Crippen LogP contribution in [-0.4, -0.2) is 5.11 Å². The Morgan fingerprint density at radius 3 is 2.44 bits per heavy atom. The van der Waals surface area contributed by atoms with E-state index in [4.69, 9.17) is 0 Å². The van der Waals surface area contributed by atoms with Crippen LogP contribution in [0.3, 0.4) is 0 Å². The normalized spacial score (nSPS) is 10.4. The molecular formula is C14H13IO. The Hall–Kier alpha value is -1.03. The molecule has 0 saturated carbocycles. The molecule has 2 heteroatoms. The molecule has 0 bridgehead atoms. The summed E-state index contributed by atoms with van der Waals surface area (Å²) in [6.07, 6.45) is 0.868. The Labute approximate surface area is 109 Å². The molecule has 2 aromatic carbocycles. The van der Waals surface area contributed by atoms with Crippen LogP contribution in [0.1, 0.15) is 16.7 Å². The molecule has 0 heterocycles. The van der Waals surface area contributed by atoms with Gasteiger partial charge in [-0.15, -0.1) is 0 Å². The third-order valence-electron chi connectivity index (χ3n) is 2.57. The second-order valence-corrected chi connectivity index (χ2v) is 4.99. The van der Waals surface area contributed by atoms with Gasteiger partial charge in [0, 0.05) is 0 Å². The molecule has 0 aromatic heterocycles. The van der Waals surface area contributed by atoms with Gasteiger partial charge in [0.15, 0.2) is 0 Å². The molecule has 0 fully saturated rings. The highest BCUT2D eigenvalue weighted by Gasteiger charge is 2.04. The number of hydrogen-bond donors (Lipinski definition) is 1. The third kappa shape index (κ3) is 2.55. The number of aryl methyl sites for hydroxylation is 1. The predicted molar refractivity (Wildman–Crippen MR) is 74.8 cm³/mol. The highest BCUT2D eigenvalue weighted by atomic mass is 127. The first-order valence-corrected chi connectivity index (χ1v) is 6.26. The number of hydrogen-bond acceptors (Lipinski definition) is 1. The zero-order chi connectivity index (χ0) is 11.5. The zero-order valence-electron chi connectivity index (χ0n) is 9.07. The number of rotatable bonds is 2. The zero-order valence-corrected chi connectivity index (χ0v) is 11.2. The van der Waals surface area contributed by atoms with Crippen molar-refractivity contribution in [2.75, 3.05) is 0 Å². The SMILES string of the molecule is Cc1ccc(Cc2cccc(O)c2I)cc1. The summed E-state index contributed by atoms with van der Waals surface area (Å²) in [6.45, 7) is 2.09. The van der Waals surface area contributed by atoms with Gasteiger partial charge >= 0.3 is 0 Å². The van der Waals surface area contributed by atoms with E-state index < -0.39 is 0 Å². The molecule has 0 aliphatic heterocycles. The van der Waals surface area contributed by atoms with Crippen LogP contribution in [0, 0.1) is 10.5 Å². The van der Waals surface area contributed by atoms with Gasteiger partial charge < -0.3 is 5.11 Å². The minimum Gasteiger partial charge on any atom is -0.507 e. The molecule has 0 aliphatic carbocycles. The first-order chi connectivity index (χ1) is 7.66. The summed E-state index contributed by atoms with van der Waals surface area (Å²) < 4.78 is 0.945. The Balaban J connectivity index is 2.27. The van der Waals surface area contributed by atoms with Gasteiger partial charge in [0.1, 0.15) is 5.75 Å². The van der Waals surface area contributed by atoms with Crippen molar-refractivity contribution in [3.63, 3.8) is 0 Å². The summed E-state index contributed by atoms with van der Waals surface area (Å²) in [5, 5.41) is 9.61. The van der Waals surface area contributed by atoms with Crippen LogP contribution in [0.2, 0.25) is 0 Å². The Morgan fingerprint density at radius 1 is 1.06 bits per heavy atom. The molecule has 1 N–H and O–H groups in total. The van der Waals surface area contributed by atoms with Crippen LogP contribution in [0.25, 0.3) is 0 Å². The quantitative estimate of drug-likeness (QED) is 0.831. The fraction of sp³-hybridized carbons (Fsp3) is 0.143. The number of phenols is 1. The van der Waals surface area contributed by atoms with Gasteiger partial charge in [0.05, 0.1) is 3.57 Å². The lowest BCUT2D eigenvalue weighted by Gasteiger charge is -2.06. The minimum absolute atomic E-state index is 0.366. The molecule has 0 saturated heterocycles. The first kappa shape index (κ1) is 11.5. The van der Waals surface area contributed by atoms with E-state index in [1.54, 1.807) is 6.07 Å². The highest BCUT2D eigenvalue weighted by Crippen LogP contribution is 2.24. The van der Waals surface area contributed by atoms with Crippen LogP contribution >= 0.6 is 22.6 Å². The maximum absolute atomic E-state index is 9.61. The molecule has 82 valence electrons. The Kier molecular flexibility index (Phi) is 3.49. The van der Waals surface area contributed by atoms with Crippen LogP contribution in [0.4, 0.5) is 0 Å². The summed E-state index contributed by atoms with van der Waals surface area (Å²) >= 11 is 2.19. The van der Waals surface area contributed by atoms with Gasteiger partial charge in [0.25, 0.3) is 0 Å². The number of halogens is 1. The van der Waals surface area contributed by atoms with Crippen molar-refractivity contribution in [3.8, 4) is 5.75 Å². The van der Waals surface area contributed by atoms with Crippen LogP contribution in [0.15, 0.2) is 42.5 Å². The van der Waals surface area contributed by atoms with E-state index in [-0.39, 0.29) is 0 Å². The summed E-state index contributed by atoms with van der Waals surface area (Å²) in [7, 11) is 0. The van der Waals surface area contributed by atoms with Crippen LogP contribution in [-0.2, 0) is 6.42 Å². The van der Waals surface area contributed by atoms with Gasteiger partial charge in [-0.2, -0.15) is 0 Å². The summed E-state index contributed by atoms with van der Waals surface area (Å²) in [6, 6.07) is 14.2. The smallest absolute Gasteiger partial charge is 0.129 e.